The fourth-order valence-electron chi connectivity index (χ4n) is 2.46. The van der Waals surface area contributed by atoms with Gasteiger partial charge in [0.15, 0.2) is 0 Å². The van der Waals surface area contributed by atoms with E-state index >= 15 is 0 Å². The Balaban J connectivity index is 1.98. The molecule has 21 heavy (non-hydrogen) atoms. The Morgan fingerprint density at radius 2 is 1.76 bits per heavy atom. The molecule has 0 amide bonds. The van der Waals surface area contributed by atoms with Crippen molar-refractivity contribution in [1.29, 1.82) is 0 Å². The summed E-state index contributed by atoms with van der Waals surface area (Å²) in [6.45, 7) is 0.556. The molecule has 1 aliphatic rings. The maximum atomic E-state index is 12.8. The van der Waals surface area contributed by atoms with E-state index in [1.54, 1.807) is 16.4 Å². The Hall–Kier alpha value is -0.690. The van der Waals surface area contributed by atoms with Crippen molar-refractivity contribution in [1.82, 2.24) is 4.31 Å². The van der Waals surface area contributed by atoms with Crippen LogP contribution in [0.25, 0.3) is 0 Å². The maximum Gasteiger partial charge on any atom is 0.244 e. The Labute approximate surface area is 141 Å². The van der Waals surface area contributed by atoms with E-state index in [9.17, 15) is 8.42 Å². The molecule has 2 aromatic carbocycles. The van der Waals surface area contributed by atoms with Crippen LogP contribution in [0.2, 0.25) is 0 Å². The molecule has 110 valence electrons. The molecule has 1 heterocycles. The van der Waals surface area contributed by atoms with Crippen molar-refractivity contribution in [3.05, 3.63) is 63.0 Å². The minimum Gasteiger partial charge on any atom is -0.207 e. The lowest BCUT2D eigenvalue weighted by molar-refractivity contribution is 0.202. The standard InChI is InChI=1S/C15H13Br2NO2S/c16-12-6-7-13(17)15(10-12)21(19,20)18-9-8-14(18)11-4-2-1-3-5-11/h1-7,10,14H,8-9H2. The zero-order valence-corrected chi connectivity index (χ0v) is 15.0. The van der Waals surface area contributed by atoms with Gasteiger partial charge >= 0.3 is 0 Å². The third-order valence-corrected chi connectivity index (χ3v) is 7.03. The average molecular weight is 431 g/mol. The highest BCUT2D eigenvalue weighted by Crippen LogP contribution is 2.40. The van der Waals surface area contributed by atoms with Gasteiger partial charge in [-0.3, -0.25) is 0 Å². The van der Waals surface area contributed by atoms with Crippen LogP contribution in [0, 0.1) is 0 Å². The minimum atomic E-state index is -3.50. The molecule has 0 bridgehead atoms. The van der Waals surface area contributed by atoms with Gasteiger partial charge in [-0.25, -0.2) is 8.42 Å². The van der Waals surface area contributed by atoms with E-state index in [-0.39, 0.29) is 6.04 Å². The highest BCUT2D eigenvalue weighted by molar-refractivity contribution is 9.11. The summed E-state index contributed by atoms with van der Waals surface area (Å²) in [5.41, 5.74) is 1.04. The summed E-state index contributed by atoms with van der Waals surface area (Å²) in [5.74, 6) is 0. The minimum absolute atomic E-state index is 0.0675. The van der Waals surface area contributed by atoms with Gasteiger partial charge in [0.2, 0.25) is 10.0 Å². The summed E-state index contributed by atoms with van der Waals surface area (Å²) in [6, 6.07) is 14.9. The number of hydrogen-bond acceptors (Lipinski definition) is 2. The van der Waals surface area contributed by atoms with Gasteiger partial charge in [-0.2, -0.15) is 4.31 Å². The Morgan fingerprint density at radius 3 is 2.38 bits per heavy atom. The molecule has 1 aliphatic heterocycles. The van der Waals surface area contributed by atoms with Crippen LogP contribution in [0.5, 0.6) is 0 Å². The number of rotatable bonds is 3. The Morgan fingerprint density at radius 1 is 1.05 bits per heavy atom. The molecular formula is C15H13Br2NO2S. The number of halogens is 2. The molecule has 0 radical (unpaired) electrons. The van der Waals surface area contributed by atoms with E-state index in [0.717, 1.165) is 16.5 Å². The fourth-order valence-corrected chi connectivity index (χ4v) is 5.58. The summed E-state index contributed by atoms with van der Waals surface area (Å²) in [5, 5.41) is 0. The zero-order chi connectivity index (χ0) is 15.0. The van der Waals surface area contributed by atoms with Crippen molar-refractivity contribution in [2.24, 2.45) is 0 Å². The van der Waals surface area contributed by atoms with Crippen LogP contribution in [0.4, 0.5) is 0 Å². The molecule has 0 spiro atoms. The third-order valence-electron chi connectivity index (χ3n) is 3.63. The van der Waals surface area contributed by atoms with Crippen molar-refractivity contribution >= 4 is 41.9 Å². The first-order valence-electron chi connectivity index (χ1n) is 6.52. The molecule has 1 atom stereocenters. The molecule has 1 unspecified atom stereocenters. The van der Waals surface area contributed by atoms with Gasteiger partial charge < -0.3 is 0 Å². The van der Waals surface area contributed by atoms with Crippen molar-refractivity contribution in [2.75, 3.05) is 6.54 Å². The number of sulfonamides is 1. The molecular weight excluding hydrogens is 418 g/mol. The molecule has 0 aliphatic carbocycles. The highest BCUT2D eigenvalue weighted by Gasteiger charge is 2.40. The van der Waals surface area contributed by atoms with Crippen LogP contribution in [0.15, 0.2) is 62.4 Å². The number of benzene rings is 2. The van der Waals surface area contributed by atoms with Crippen LogP contribution in [-0.4, -0.2) is 19.3 Å². The summed E-state index contributed by atoms with van der Waals surface area (Å²) >= 11 is 6.67. The van der Waals surface area contributed by atoms with Crippen LogP contribution in [0.3, 0.4) is 0 Å². The van der Waals surface area contributed by atoms with E-state index in [1.165, 1.54) is 0 Å². The quantitative estimate of drug-likeness (QED) is 0.725. The van der Waals surface area contributed by atoms with E-state index in [2.05, 4.69) is 31.9 Å². The normalized spacial score (nSPS) is 19.2. The zero-order valence-electron chi connectivity index (χ0n) is 11.0. The first-order chi connectivity index (χ1) is 10.00. The second-order valence-corrected chi connectivity index (χ2v) is 8.53. The summed E-state index contributed by atoms with van der Waals surface area (Å²) in [7, 11) is -3.50. The Bertz CT molecular complexity index is 762. The lowest BCUT2D eigenvalue weighted by atomic mass is 9.98. The van der Waals surface area contributed by atoms with Crippen molar-refractivity contribution < 1.29 is 8.42 Å². The van der Waals surface area contributed by atoms with Crippen LogP contribution in [0.1, 0.15) is 18.0 Å². The van der Waals surface area contributed by atoms with Gasteiger partial charge in [0.25, 0.3) is 0 Å². The molecule has 3 rings (SSSR count). The second-order valence-electron chi connectivity index (χ2n) is 4.91. The Kier molecular flexibility index (Phi) is 4.23. The monoisotopic (exact) mass is 429 g/mol. The van der Waals surface area contributed by atoms with E-state index in [1.807, 2.05) is 36.4 Å². The maximum absolute atomic E-state index is 12.8. The van der Waals surface area contributed by atoms with Gasteiger partial charge in [0, 0.05) is 15.5 Å². The predicted molar refractivity (Wildman–Crippen MR) is 89.5 cm³/mol. The molecule has 3 nitrogen and oxygen atoms in total. The molecule has 1 saturated heterocycles. The molecule has 6 heteroatoms. The van der Waals surface area contributed by atoms with Crippen LogP contribution in [-0.2, 0) is 10.0 Å². The SMILES string of the molecule is O=S(=O)(c1cc(Br)ccc1Br)N1CCC1c1ccccc1. The van der Waals surface area contributed by atoms with Crippen molar-refractivity contribution in [2.45, 2.75) is 17.4 Å². The van der Waals surface area contributed by atoms with Gasteiger partial charge in [0.1, 0.15) is 0 Å². The topological polar surface area (TPSA) is 37.4 Å². The van der Waals surface area contributed by atoms with E-state index < -0.39 is 10.0 Å². The number of nitrogens with zero attached hydrogens (tertiary/aromatic N) is 1. The molecule has 0 aromatic heterocycles. The van der Waals surface area contributed by atoms with Gasteiger partial charge in [0.05, 0.1) is 10.9 Å². The van der Waals surface area contributed by atoms with Crippen LogP contribution < -0.4 is 0 Å². The van der Waals surface area contributed by atoms with Gasteiger partial charge in [-0.1, -0.05) is 46.3 Å². The molecule has 0 N–H and O–H groups in total. The average Bonchev–Trinajstić information content (AvgIpc) is 2.41. The summed E-state index contributed by atoms with van der Waals surface area (Å²) in [6.07, 6.45) is 0.856. The van der Waals surface area contributed by atoms with Crippen LogP contribution >= 0.6 is 31.9 Å². The van der Waals surface area contributed by atoms with Gasteiger partial charge in [-0.05, 0) is 46.1 Å². The largest absolute Gasteiger partial charge is 0.244 e. The molecule has 0 saturated carbocycles. The third kappa shape index (κ3) is 2.82. The fraction of sp³-hybridized carbons (Fsp3) is 0.200. The highest BCUT2D eigenvalue weighted by atomic mass is 79.9. The summed E-state index contributed by atoms with van der Waals surface area (Å²) < 4.78 is 28.6. The smallest absolute Gasteiger partial charge is 0.207 e. The predicted octanol–water partition coefficient (Wildman–Crippen LogP) is 4.35. The lowest BCUT2D eigenvalue weighted by Gasteiger charge is -2.40. The first-order valence-corrected chi connectivity index (χ1v) is 9.54. The van der Waals surface area contributed by atoms with Crippen molar-refractivity contribution in [3.8, 4) is 0 Å². The second kappa shape index (κ2) is 5.83. The molecule has 2 aromatic rings. The van der Waals surface area contributed by atoms with Gasteiger partial charge in [-0.15, -0.1) is 0 Å². The summed E-state index contributed by atoms with van der Waals surface area (Å²) in [4.78, 5) is 0.303. The first kappa shape index (κ1) is 15.2. The van der Waals surface area contributed by atoms with Crippen molar-refractivity contribution in [3.63, 3.8) is 0 Å². The lowest BCUT2D eigenvalue weighted by Crippen LogP contribution is -2.45. The number of hydrogen-bond donors (Lipinski definition) is 0. The van der Waals surface area contributed by atoms with E-state index in [4.69, 9.17) is 0 Å². The molecule has 1 fully saturated rings. The van der Waals surface area contributed by atoms with E-state index in [0.29, 0.717) is 15.9 Å².